The Morgan fingerprint density at radius 1 is 1.14 bits per heavy atom. The number of amides is 1. The van der Waals surface area contributed by atoms with Gasteiger partial charge in [-0.2, -0.15) is 0 Å². The zero-order valence-electron chi connectivity index (χ0n) is 12.5. The highest BCUT2D eigenvalue weighted by atomic mass is 35.5. The molecule has 3 nitrogen and oxygen atoms in total. The molecule has 0 aromatic heterocycles. The largest absolute Gasteiger partial charge is 0.314 e. The van der Waals surface area contributed by atoms with Crippen LogP contribution in [0.5, 0.6) is 0 Å². The number of hydrogen-bond acceptors (Lipinski definition) is 2. The van der Waals surface area contributed by atoms with Crippen molar-refractivity contribution in [3.63, 3.8) is 0 Å². The molecule has 2 aromatic rings. The molecule has 0 spiro atoms. The van der Waals surface area contributed by atoms with Gasteiger partial charge in [0.05, 0.1) is 10.4 Å². The number of likely N-dealkylation sites (N-methyl/N-ethyl adjacent to an activating group) is 1. The fourth-order valence-corrected chi connectivity index (χ4v) is 3.34. The van der Waals surface area contributed by atoms with Crippen LogP contribution in [0.15, 0.2) is 48.5 Å². The molecule has 1 amide bonds. The number of nitrogens with zero attached hydrogens (tertiary/aromatic N) is 1. The molecule has 112 valence electrons. The van der Waals surface area contributed by atoms with Crippen molar-refractivity contribution in [2.45, 2.75) is 18.8 Å². The van der Waals surface area contributed by atoms with Crippen LogP contribution in [0, 0.1) is 0 Å². The predicted octanol–water partition coefficient (Wildman–Crippen LogP) is 3.85. The van der Waals surface area contributed by atoms with Gasteiger partial charge in [-0.15, -0.1) is 0 Å². The summed E-state index contributed by atoms with van der Waals surface area (Å²) in [7, 11) is 1.74. The van der Waals surface area contributed by atoms with Crippen LogP contribution < -0.4 is 4.90 Å². The van der Waals surface area contributed by atoms with Crippen LogP contribution in [0.1, 0.15) is 29.3 Å². The molecule has 1 atom stereocenters. The van der Waals surface area contributed by atoms with Crippen LogP contribution in [0.2, 0.25) is 5.02 Å². The summed E-state index contributed by atoms with van der Waals surface area (Å²) in [6.45, 7) is 1.83. The molecule has 0 bridgehead atoms. The number of carbonyl (C=O) groups excluding carboxylic acids is 2. The quantitative estimate of drug-likeness (QED) is 0.807. The third-order valence-electron chi connectivity index (χ3n) is 4.32. The summed E-state index contributed by atoms with van der Waals surface area (Å²) in [6, 6.07) is 14.5. The summed E-state index contributed by atoms with van der Waals surface area (Å²) in [5.41, 5.74) is 1.37. The molecule has 0 aliphatic carbocycles. The van der Waals surface area contributed by atoms with E-state index in [1.807, 2.05) is 31.2 Å². The monoisotopic (exact) mass is 313 g/mol. The van der Waals surface area contributed by atoms with Gasteiger partial charge >= 0.3 is 0 Å². The highest BCUT2D eigenvalue weighted by molar-refractivity contribution is 6.34. The van der Waals surface area contributed by atoms with Gasteiger partial charge in [0.1, 0.15) is 0 Å². The van der Waals surface area contributed by atoms with Crippen LogP contribution in [0.3, 0.4) is 0 Å². The number of fused-ring (bicyclic) bond motifs is 1. The Kier molecular flexibility index (Phi) is 3.53. The Morgan fingerprint density at radius 2 is 1.77 bits per heavy atom. The van der Waals surface area contributed by atoms with E-state index in [2.05, 4.69) is 0 Å². The molecule has 0 radical (unpaired) electrons. The van der Waals surface area contributed by atoms with E-state index in [0.717, 1.165) is 11.3 Å². The zero-order chi connectivity index (χ0) is 15.9. The molecule has 1 unspecified atom stereocenters. The summed E-state index contributed by atoms with van der Waals surface area (Å²) in [4.78, 5) is 26.9. The van der Waals surface area contributed by atoms with E-state index in [0.29, 0.717) is 10.6 Å². The topological polar surface area (TPSA) is 37.4 Å². The molecule has 2 aromatic carbocycles. The second-order valence-electron chi connectivity index (χ2n) is 5.79. The second-order valence-corrected chi connectivity index (χ2v) is 6.20. The van der Waals surface area contributed by atoms with Crippen LogP contribution in [0.25, 0.3) is 0 Å². The second kappa shape index (κ2) is 5.25. The number of hydrogen-bond donors (Lipinski definition) is 0. The number of halogens is 1. The van der Waals surface area contributed by atoms with Gasteiger partial charge in [-0.1, -0.05) is 41.9 Å². The van der Waals surface area contributed by atoms with Gasteiger partial charge in [-0.3, -0.25) is 9.59 Å². The highest BCUT2D eigenvalue weighted by Gasteiger charge is 2.47. The maximum atomic E-state index is 12.7. The lowest BCUT2D eigenvalue weighted by Gasteiger charge is -2.22. The van der Waals surface area contributed by atoms with Crippen LogP contribution in [0.4, 0.5) is 5.69 Å². The highest BCUT2D eigenvalue weighted by Crippen LogP contribution is 2.43. The van der Waals surface area contributed by atoms with Gasteiger partial charge in [-0.05, 0) is 30.7 Å². The molecule has 0 saturated carbocycles. The summed E-state index contributed by atoms with van der Waals surface area (Å²) in [6.07, 6.45) is 0.108. The number of carbonyl (C=O) groups is 2. The first-order chi connectivity index (χ1) is 10.4. The fraction of sp³-hybridized carbons (Fsp3) is 0.222. The van der Waals surface area contributed by atoms with E-state index >= 15 is 0 Å². The Balaban J connectivity index is 2.00. The minimum atomic E-state index is -0.846. The van der Waals surface area contributed by atoms with Crippen molar-refractivity contribution in [1.82, 2.24) is 0 Å². The number of Topliss-reactive ketones (excluding diaryl/α,β-unsaturated/α-hetero) is 1. The summed E-state index contributed by atoms with van der Waals surface area (Å²) in [5, 5.41) is 0.420. The Labute approximate surface area is 134 Å². The van der Waals surface area contributed by atoms with Crippen molar-refractivity contribution in [3.05, 3.63) is 64.7 Å². The summed E-state index contributed by atoms with van der Waals surface area (Å²) >= 11 is 6.10. The smallest absolute Gasteiger partial charge is 0.237 e. The molecule has 22 heavy (non-hydrogen) atoms. The van der Waals surface area contributed by atoms with Crippen LogP contribution in [-0.2, 0) is 10.2 Å². The van der Waals surface area contributed by atoms with E-state index in [1.165, 1.54) is 0 Å². The normalized spacial score (nSPS) is 20.1. The van der Waals surface area contributed by atoms with Gasteiger partial charge in [0, 0.05) is 24.7 Å². The third kappa shape index (κ3) is 2.13. The van der Waals surface area contributed by atoms with E-state index in [-0.39, 0.29) is 18.1 Å². The first-order valence-electron chi connectivity index (χ1n) is 7.10. The number of ketones is 1. The minimum Gasteiger partial charge on any atom is -0.314 e. The molecule has 3 rings (SSSR count). The van der Waals surface area contributed by atoms with Crippen molar-refractivity contribution >= 4 is 29.0 Å². The van der Waals surface area contributed by atoms with Crippen LogP contribution in [-0.4, -0.2) is 18.7 Å². The van der Waals surface area contributed by atoms with Crippen molar-refractivity contribution < 1.29 is 9.59 Å². The lowest BCUT2D eigenvalue weighted by atomic mass is 9.78. The standard InChI is InChI=1S/C18H16ClNO2/c1-18(11-16(21)12-7-3-5-9-14(12)19)13-8-4-6-10-15(13)20(2)17(18)22/h3-10H,11H2,1-2H3. The van der Waals surface area contributed by atoms with E-state index in [4.69, 9.17) is 11.6 Å². The number of rotatable bonds is 3. The van der Waals surface area contributed by atoms with E-state index in [1.54, 1.807) is 36.2 Å². The van der Waals surface area contributed by atoms with Crippen molar-refractivity contribution in [2.24, 2.45) is 0 Å². The number of para-hydroxylation sites is 1. The van der Waals surface area contributed by atoms with Gasteiger partial charge in [-0.25, -0.2) is 0 Å². The Bertz CT molecular complexity index is 771. The zero-order valence-corrected chi connectivity index (χ0v) is 13.2. The lowest BCUT2D eigenvalue weighted by Crippen LogP contribution is -2.37. The summed E-state index contributed by atoms with van der Waals surface area (Å²) < 4.78 is 0. The van der Waals surface area contributed by atoms with E-state index in [9.17, 15) is 9.59 Å². The van der Waals surface area contributed by atoms with Gasteiger partial charge < -0.3 is 4.90 Å². The van der Waals surface area contributed by atoms with Crippen molar-refractivity contribution in [3.8, 4) is 0 Å². The molecular formula is C18H16ClNO2. The van der Waals surface area contributed by atoms with Crippen molar-refractivity contribution in [2.75, 3.05) is 11.9 Å². The Hall–Kier alpha value is -2.13. The minimum absolute atomic E-state index is 0.0610. The molecule has 4 heteroatoms. The maximum Gasteiger partial charge on any atom is 0.237 e. The Morgan fingerprint density at radius 3 is 2.50 bits per heavy atom. The molecule has 1 heterocycles. The fourth-order valence-electron chi connectivity index (χ4n) is 3.10. The molecule has 0 fully saturated rings. The first kappa shape index (κ1) is 14.8. The van der Waals surface area contributed by atoms with Crippen molar-refractivity contribution in [1.29, 1.82) is 0 Å². The predicted molar refractivity (Wildman–Crippen MR) is 87.6 cm³/mol. The number of anilines is 1. The number of benzene rings is 2. The SMILES string of the molecule is CN1C(=O)C(C)(CC(=O)c2ccccc2Cl)c2ccccc21. The van der Waals surface area contributed by atoms with Gasteiger partial charge in [0.2, 0.25) is 5.91 Å². The average molecular weight is 314 g/mol. The molecule has 1 aliphatic rings. The first-order valence-corrected chi connectivity index (χ1v) is 7.48. The summed E-state index contributed by atoms with van der Waals surface area (Å²) in [5.74, 6) is -0.180. The van der Waals surface area contributed by atoms with Gasteiger partial charge in [0.15, 0.2) is 5.78 Å². The van der Waals surface area contributed by atoms with E-state index < -0.39 is 5.41 Å². The van der Waals surface area contributed by atoms with Gasteiger partial charge in [0.25, 0.3) is 0 Å². The molecule has 1 aliphatic heterocycles. The van der Waals surface area contributed by atoms with Crippen LogP contribution >= 0.6 is 11.6 Å². The molecular weight excluding hydrogens is 298 g/mol. The third-order valence-corrected chi connectivity index (χ3v) is 4.65. The maximum absolute atomic E-state index is 12.7. The average Bonchev–Trinajstić information content (AvgIpc) is 2.70. The molecule has 0 saturated heterocycles. The lowest BCUT2D eigenvalue weighted by molar-refractivity contribution is -0.122. The molecule has 0 N–H and O–H groups in total.